The summed E-state index contributed by atoms with van der Waals surface area (Å²) in [5.41, 5.74) is 4.51. The van der Waals surface area contributed by atoms with Gasteiger partial charge < -0.3 is 0 Å². The summed E-state index contributed by atoms with van der Waals surface area (Å²) in [5.74, 6) is 0.133. The third kappa shape index (κ3) is 2.20. The predicted molar refractivity (Wildman–Crippen MR) is 94.4 cm³/mol. The zero-order chi connectivity index (χ0) is 16.3. The van der Waals surface area contributed by atoms with E-state index < -0.39 is 0 Å². The Kier molecular flexibility index (Phi) is 3.11. The topological polar surface area (TPSA) is 17.1 Å². The van der Waals surface area contributed by atoms with Gasteiger partial charge in [0.25, 0.3) is 0 Å². The molecule has 0 fully saturated rings. The number of hydrogen-bond acceptors (Lipinski definition) is 1. The monoisotopic (exact) mass is 292 g/mol. The standard InChI is InChI=1S/C21H24O/c1-20(2,3)16-11-10-14-17(21(4,5)6)12-18(22)15-9-7-8-13(16)19(14)15/h7-12H,1-6H3. The molecule has 114 valence electrons. The molecular formula is C21H24O. The maximum Gasteiger partial charge on any atom is 0.186 e. The fraction of sp³-hybridized carbons (Fsp3) is 0.381. The second-order valence-corrected chi connectivity index (χ2v) is 8.31. The van der Waals surface area contributed by atoms with E-state index in [0.29, 0.717) is 0 Å². The van der Waals surface area contributed by atoms with E-state index in [4.69, 9.17) is 0 Å². The average Bonchev–Trinajstić information content (AvgIpc) is 2.40. The minimum atomic E-state index is -0.0423. The number of benzene rings is 2. The molecule has 0 bridgehead atoms. The summed E-state index contributed by atoms with van der Waals surface area (Å²) in [5, 5.41) is 2.35. The molecule has 1 nitrogen and oxygen atoms in total. The Bertz CT molecular complexity index is 808. The van der Waals surface area contributed by atoms with Crippen LogP contribution in [0.5, 0.6) is 0 Å². The Morgan fingerprint density at radius 3 is 2.05 bits per heavy atom. The summed E-state index contributed by atoms with van der Waals surface area (Å²) < 4.78 is 0. The SMILES string of the molecule is CC(C)(C)C1=CC(=O)c2cccc3c(C(C)(C)C)ccc1c23. The van der Waals surface area contributed by atoms with Gasteiger partial charge in [-0.3, -0.25) is 4.79 Å². The van der Waals surface area contributed by atoms with Crippen LogP contribution in [0.4, 0.5) is 0 Å². The van der Waals surface area contributed by atoms with Crippen molar-refractivity contribution >= 4 is 22.1 Å². The van der Waals surface area contributed by atoms with E-state index in [1.807, 2.05) is 18.2 Å². The van der Waals surface area contributed by atoms with Gasteiger partial charge in [0.1, 0.15) is 0 Å². The van der Waals surface area contributed by atoms with Gasteiger partial charge >= 0.3 is 0 Å². The average molecular weight is 292 g/mol. The van der Waals surface area contributed by atoms with Crippen LogP contribution in [0.2, 0.25) is 0 Å². The van der Waals surface area contributed by atoms with Crippen LogP contribution >= 0.6 is 0 Å². The Morgan fingerprint density at radius 1 is 0.773 bits per heavy atom. The Hall–Kier alpha value is -1.89. The van der Waals surface area contributed by atoms with Crippen LogP contribution in [0.1, 0.15) is 63.0 Å². The van der Waals surface area contributed by atoms with Crippen molar-refractivity contribution < 1.29 is 4.79 Å². The van der Waals surface area contributed by atoms with Crippen molar-refractivity contribution in [2.75, 3.05) is 0 Å². The first-order valence-electron chi connectivity index (χ1n) is 7.94. The van der Waals surface area contributed by atoms with Gasteiger partial charge in [-0.15, -0.1) is 0 Å². The summed E-state index contributed by atoms with van der Waals surface area (Å²) in [6, 6.07) is 10.6. The fourth-order valence-electron chi connectivity index (χ4n) is 3.40. The molecule has 0 saturated carbocycles. The molecule has 22 heavy (non-hydrogen) atoms. The van der Waals surface area contributed by atoms with E-state index in [0.717, 1.165) is 16.5 Å². The smallest absolute Gasteiger partial charge is 0.186 e. The van der Waals surface area contributed by atoms with E-state index in [2.05, 4.69) is 59.7 Å². The third-order valence-corrected chi connectivity index (χ3v) is 4.49. The zero-order valence-corrected chi connectivity index (χ0v) is 14.4. The molecule has 1 aliphatic rings. The lowest BCUT2D eigenvalue weighted by Gasteiger charge is -2.30. The van der Waals surface area contributed by atoms with Gasteiger partial charge in [0.15, 0.2) is 5.78 Å². The Balaban J connectivity index is 2.45. The van der Waals surface area contributed by atoms with E-state index in [1.54, 1.807) is 0 Å². The van der Waals surface area contributed by atoms with Crippen LogP contribution in [0.15, 0.2) is 36.4 Å². The number of hydrogen-bond donors (Lipinski definition) is 0. The molecular weight excluding hydrogens is 268 g/mol. The maximum absolute atomic E-state index is 12.6. The van der Waals surface area contributed by atoms with Gasteiger partial charge in [0, 0.05) is 10.9 Å². The Labute approximate surface area is 133 Å². The van der Waals surface area contributed by atoms with Gasteiger partial charge in [-0.05, 0) is 39.0 Å². The predicted octanol–water partition coefficient (Wildman–Crippen LogP) is 5.76. The summed E-state index contributed by atoms with van der Waals surface area (Å²) in [6.45, 7) is 13.2. The zero-order valence-electron chi connectivity index (χ0n) is 14.4. The van der Waals surface area contributed by atoms with Crippen LogP contribution in [-0.2, 0) is 5.41 Å². The first kappa shape index (κ1) is 15.0. The highest BCUT2D eigenvalue weighted by Crippen LogP contribution is 2.44. The highest BCUT2D eigenvalue weighted by molar-refractivity contribution is 6.22. The van der Waals surface area contributed by atoms with Gasteiger partial charge in [0.2, 0.25) is 0 Å². The summed E-state index contributed by atoms with van der Waals surface area (Å²) >= 11 is 0. The van der Waals surface area contributed by atoms with Crippen molar-refractivity contribution in [3.05, 3.63) is 53.1 Å². The lowest BCUT2D eigenvalue weighted by Crippen LogP contribution is -2.17. The summed E-state index contributed by atoms with van der Waals surface area (Å²) in [6.07, 6.45) is 1.83. The van der Waals surface area contributed by atoms with Crippen LogP contribution in [-0.4, -0.2) is 5.78 Å². The highest BCUT2D eigenvalue weighted by Gasteiger charge is 2.29. The van der Waals surface area contributed by atoms with E-state index in [1.165, 1.54) is 16.5 Å². The minimum absolute atomic E-state index is 0.0423. The molecule has 2 aromatic carbocycles. The first-order valence-corrected chi connectivity index (χ1v) is 7.94. The molecule has 1 aliphatic carbocycles. The molecule has 0 radical (unpaired) electrons. The second kappa shape index (κ2) is 4.55. The van der Waals surface area contributed by atoms with Crippen LogP contribution in [0, 0.1) is 5.41 Å². The normalized spacial score (nSPS) is 15.2. The van der Waals surface area contributed by atoms with E-state index in [-0.39, 0.29) is 16.6 Å². The maximum atomic E-state index is 12.6. The second-order valence-electron chi connectivity index (χ2n) is 8.31. The van der Waals surface area contributed by atoms with Gasteiger partial charge in [-0.2, -0.15) is 0 Å². The molecule has 0 saturated heterocycles. The van der Waals surface area contributed by atoms with Crippen LogP contribution in [0.25, 0.3) is 16.3 Å². The molecule has 0 atom stereocenters. The van der Waals surface area contributed by atoms with Crippen LogP contribution in [0.3, 0.4) is 0 Å². The summed E-state index contributed by atoms with van der Waals surface area (Å²) in [4.78, 5) is 12.6. The van der Waals surface area contributed by atoms with Gasteiger partial charge in [-0.1, -0.05) is 71.9 Å². The lowest BCUT2D eigenvalue weighted by molar-refractivity contribution is 0.104. The van der Waals surface area contributed by atoms with Crippen molar-refractivity contribution in [1.29, 1.82) is 0 Å². The lowest BCUT2D eigenvalue weighted by atomic mass is 9.73. The molecule has 0 spiro atoms. The largest absolute Gasteiger partial charge is 0.289 e. The Morgan fingerprint density at radius 2 is 1.45 bits per heavy atom. The molecule has 0 N–H and O–H groups in total. The van der Waals surface area contributed by atoms with E-state index >= 15 is 0 Å². The molecule has 1 heteroatoms. The molecule has 0 aliphatic heterocycles. The number of ketones is 1. The number of carbonyl (C=O) groups excluding carboxylic acids is 1. The molecule has 2 aromatic rings. The van der Waals surface area contributed by atoms with Crippen molar-refractivity contribution in [1.82, 2.24) is 0 Å². The molecule has 0 unspecified atom stereocenters. The third-order valence-electron chi connectivity index (χ3n) is 4.49. The summed E-state index contributed by atoms with van der Waals surface area (Å²) in [7, 11) is 0. The van der Waals surface area contributed by atoms with Crippen molar-refractivity contribution in [3.8, 4) is 0 Å². The number of allylic oxidation sites excluding steroid dienone is 2. The molecule has 0 amide bonds. The van der Waals surface area contributed by atoms with Gasteiger partial charge in [-0.25, -0.2) is 0 Å². The number of rotatable bonds is 0. The first-order chi connectivity index (χ1) is 10.1. The van der Waals surface area contributed by atoms with E-state index in [9.17, 15) is 4.79 Å². The highest BCUT2D eigenvalue weighted by atomic mass is 16.1. The van der Waals surface area contributed by atoms with Crippen LogP contribution < -0.4 is 0 Å². The molecule has 0 heterocycles. The fourth-order valence-corrected chi connectivity index (χ4v) is 3.40. The van der Waals surface area contributed by atoms with Gasteiger partial charge in [0.05, 0.1) is 0 Å². The van der Waals surface area contributed by atoms with Crippen molar-refractivity contribution in [2.45, 2.75) is 47.0 Å². The number of carbonyl (C=O) groups is 1. The molecule has 0 aromatic heterocycles. The minimum Gasteiger partial charge on any atom is -0.289 e. The molecule has 3 rings (SSSR count). The van der Waals surface area contributed by atoms with Crippen molar-refractivity contribution in [2.24, 2.45) is 5.41 Å². The quantitative estimate of drug-likeness (QED) is 0.603. The van der Waals surface area contributed by atoms with Crippen molar-refractivity contribution in [3.63, 3.8) is 0 Å².